The van der Waals surface area contributed by atoms with Crippen LogP contribution in [-0.2, 0) is 6.54 Å². The van der Waals surface area contributed by atoms with Gasteiger partial charge in [-0.2, -0.15) is 5.26 Å². The number of fused-ring (bicyclic) bond motifs is 1. The molecule has 0 saturated carbocycles. The number of halogens is 3. The number of anilines is 3. The molecule has 0 radical (unpaired) electrons. The molecule has 1 fully saturated rings. The summed E-state index contributed by atoms with van der Waals surface area (Å²) < 4.78 is 15.7. The molecule has 1 aliphatic rings. The number of nitrogens with one attached hydrogen (secondary N) is 2. The van der Waals surface area contributed by atoms with Gasteiger partial charge in [0.15, 0.2) is 0 Å². The summed E-state index contributed by atoms with van der Waals surface area (Å²) in [6, 6.07) is 19.8. The fourth-order valence-corrected chi connectivity index (χ4v) is 5.89. The molecular formula is C32H29Cl2FN8. The van der Waals surface area contributed by atoms with Gasteiger partial charge in [-0.3, -0.25) is 9.67 Å². The summed E-state index contributed by atoms with van der Waals surface area (Å²) >= 11 is 12.8. The molecular weight excluding hydrogens is 586 g/mol. The van der Waals surface area contributed by atoms with Gasteiger partial charge in [-0.1, -0.05) is 58.7 Å². The topological polar surface area (TPSA) is 94.7 Å². The lowest BCUT2D eigenvalue weighted by Gasteiger charge is -2.20. The Balaban J connectivity index is 1.32. The second-order valence-corrected chi connectivity index (χ2v) is 11.4. The Morgan fingerprint density at radius 3 is 2.53 bits per heavy atom. The van der Waals surface area contributed by atoms with E-state index in [9.17, 15) is 9.65 Å². The average molecular weight is 616 g/mol. The normalized spacial score (nSPS) is 14.1. The van der Waals surface area contributed by atoms with E-state index in [2.05, 4.69) is 36.9 Å². The van der Waals surface area contributed by atoms with Crippen LogP contribution in [0.15, 0.2) is 73.1 Å². The molecule has 3 heterocycles. The average Bonchev–Trinajstić information content (AvgIpc) is 3.71. The highest BCUT2D eigenvalue weighted by atomic mass is 35.5. The molecule has 5 aromatic rings. The summed E-state index contributed by atoms with van der Waals surface area (Å²) in [6.45, 7) is 4.20. The minimum atomic E-state index is -0.530. The summed E-state index contributed by atoms with van der Waals surface area (Å²) in [4.78, 5) is 6.94. The van der Waals surface area contributed by atoms with Crippen molar-refractivity contribution >= 4 is 51.2 Å². The predicted molar refractivity (Wildman–Crippen MR) is 168 cm³/mol. The molecule has 6 rings (SSSR count). The highest BCUT2D eigenvalue weighted by molar-refractivity contribution is 6.36. The first-order chi connectivity index (χ1) is 21.0. The van der Waals surface area contributed by atoms with Crippen molar-refractivity contribution < 1.29 is 4.39 Å². The van der Waals surface area contributed by atoms with Gasteiger partial charge in [0.25, 0.3) is 0 Å². The summed E-state index contributed by atoms with van der Waals surface area (Å²) in [5.41, 5.74) is 4.30. The largest absolute Gasteiger partial charge is 0.373 e. The Morgan fingerprint density at radius 1 is 0.977 bits per heavy atom. The molecule has 0 spiro atoms. The molecule has 3 aromatic carbocycles. The number of aryl methyl sites for hydroxylation is 1. The quantitative estimate of drug-likeness (QED) is 0.167. The lowest BCUT2D eigenvalue weighted by Crippen LogP contribution is -2.21. The Bertz CT molecular complexity index is 1780. The Kier molecular flexibility index (Phi) is 8.70. The van der Waals surface area contributed by atoms with E-state index < -0.39 is 5.82 Å². The van der Waals surface area contributed by atoms with E-state index >= 15 is 0 Å². The molecule has 11 heteroatoms. The van der Waals surface area contributed by atoms with Crippen LogP contribution in [0.3, 0.4) is 0 Å². The maximum absolute atomic E-state index is 13.8. The number of benzene rings is 3. The Morgan fingerprint density at radius 2 is 1.77 bits per heavy atom. The molecule has 0 aliphatic carbocycles. The van der Waals surface area contributed by atoms with Gasteiger partial charge < -0.3 is 15.5 Å². The van der Waals surface area contributed by atoms with E-state index in [1.54, 1.807) is 12.1 Å². The molecule has 0 bridgehead atoms. The van der Waals surface area contributed by atoms with Crippen LogP contribution in [0.5, 0.6) is 0 Å². The molecule has 1 unspecified atom stereocenters. The van der Waals surface area contributed by atoms with Crippen LogP contribution < -0.4 is 10.6 Å². The van der Waals surface area contributed by atoms with Gasteiger partial charge in [0, 0.05) is 29.5 Å². The van der Waals surface area contributed by atoms with Gasteiger partial charge in [0.2, 0.25) is 0 Å². The summed E-state index contributed by atoms with van der Waals surface area (Å²) in [5.74, 6) is -0.530. The van der Waals surface area contributed by atoms with E-state index in [0.717, 1.165) is 30.8 Å². The molecule has 2 N–H and O–H groups in total. The molecule has 2 aromatic heterocycles. The number of hydrogen-bond donors (Lipinski definition) is 2. The zero-order chi connectivity index (χ0) is 29.8. The predicted octanol–water partition coefficient (Wildman–Crippen LogP) is 7.57. The molecule has 1 atom stereocenters. The minimum Gasteiger partial charge on any atom is -0.373 e. The SMILES string of the molecule is N#Cc1cnc2c(Cl)cc(NC(c3ccccc3)c3cn(CCCN4CCCC4)nn3)cc2c1Nc1ccc(F)c(Cl)c1. The molecule has 43 heavy (non-hydrogen) atoms. The Labute approximate surface area is 259 Å². The number of hydrogen-bond acceptors (Lipinski definition) is 7. The summed E-state index contributed by atoms with van der Waals surface area (Å²) in [5, 5.41) is 26.6. The number of nitriles is 1. The number of likely N-dealkylation sites (tertiary alicyclic amines) is 1. The number of nitrogens with zero attached hydrogens (tertiary/aromatic N) is 6. The number of pyridine rings is 1. The van der Waals surface area contributed by atoms with Crippen LogP contribution in [0.1, 0.15) is 42.1 Å². The Hall–Kier alpha value is -4.23. The first kappa shape index (κ1) is 28.9. The van der Waals surface area contributed by atoms with Gasteiger partial charge in [0.1, 0.15) is 17.6 Å². The maximum atomic E-state index is 13.8. The molecule has 218 valence electrons. The van der Waals surface area contributed by atoms with Gasteiger partial charge in [-0.05, 0) is 74.8 Å². The van der Waals surface area contributed by atoms with Crippen LogP contribution in [0, 0.1) is 17.1 Å². The van der Waals surface area contributed by atoms with Gasteiger partial charge in [0.05, 0.1) is 39.1 Å². The fraction of sp³-hybridized carbons (Fsp3) is 0.250. The first-order valence-electron chi connectivity index (χ1n) is 14.2. The molecule has 1 aliphatic heterocycles. The van der Waals surface area contributed by atoms with E-state index in [4.69, 9.17) is 23.2 Å². The third kappa shape index (κ3) is 6.57. The monoisotopic (exact) mass is 614 g/mol. The fourth-order valence-electron chi connectivity index (χ4n) is 5.44. The van der Waals surface area contributed by atoms with Gasteiger partial charge in [-0.25, -0.2) is 4.39 Å². The zero-order valence-corrected chi connectivity index (χ0v) is 24.8. The van der Waals surface area contributed by atoms with Gasteiger partial charge >= 0.3 is 0 Å². The third-order valence-corrected chi connectivity index (χ3v) is 8.17. The van der Waals surface area contributed by atoms with Crippen molar-refractivity contribution in [1.29, 1.82) is 5.26 Å². The molecule has 8 nitrogen and oxygen atoms in total. The van der Waals surface area contributed by atoms with Crippen LogP contribution in [0.4, 0.5) is 21.5 Å². The van der Waals surface area contributed by atoms with E-state index in [1.165, 1.54) is 44.3 Å². The first-order valence-corrected chi connectivity index (χ1v) is 14.9. The minimum absolute atomic E-state index is 0.0305. The van der Waals surface area contributed by atoms with Crippen molar-refractivity contribution in [2.75, 3.05) is 30.3 Å². The van der Waals surface area contributed by atoms with Crippen molar-refractivity contribution in [3.8, 4) is 6.07 Å². The van der Waals surface area contributed by atoms with Crippen LogP contribution in [-0.4, -0.2) is 44.5 Å². The van der Waals surface area contributed by atoms with Crippen LogP contribution in [0.2, 0.25) is 10.0 Å². The summed E-state index contributed by atoms with van der Waals surface area (Å²) in [6.07, 6.45) is 7.02. The van der Waals surface area contributed by atoms with Crippen molar-refractivity contribution in [2.45, 2.75) is 31.8 Å². The second kappa shape index (κ2) is 13.0. The number of rotatable bonds is 10. The van der Waals surface area contributed by atoms with Crippen LogP contribution >= 0.6 is 23.2 Å². The molecule has 1 saturated heterocycles. The van der Waals surface area contributed by atoms with Crippen LogP contribution in [0.25, 0.3) is 10.9 Å². The van der Waals surface area contributed by atoms with E-state index in [-0.39, 0.29) is 11.1 Å². The molecule has 0 amide bonds. The summed E-state index contributed by atoms with van der Waals surface area (Å²) in [7, 11) is 0. The third-order valence-electron chi connectivity index (χ3n) is 7.59. The van der Waals surface area contributed by atoms with Gasteiger partial charge in [-0.15, -0.1) is 5.10 Å². The van der Waals surface area contributed by atoms with Crippen molar-refractivity contribution in [1.82, 2.24) is 24.9 Å². The van der Waals surface area contributed by atoms with Crippen molar-refractivity contribution in [3.05, 3.63) is 106 Å². The second-order valence-electron chi connectivity index (χ2n) is 10.6. The highest BCUT2D eigenvalue weighted by Gasteiger charge is 2.20. The van der Waals surface area contributed by atoms with Crippen molar-refractivity contribution in [3.63, 3.8) is 0 Å². The highest BCUT2D eigenvalue weighted by Crippen LogP contribution is 2.37. The van der Waals surface area contributed by atoms with Crippen molar-refractivity contribution in [2.24, 2.45) is 0 Å². The lowest BCUT2D eigenvalue weighted by atomic mass is 10.0. The lowest BCUT2D eigenvalue weighted by molar-refractivity contribution is 0.321. The van der Waals surface area contributed by atoms with E-state index in [1.807, 2.05) is 47.3 Å². The maximum Gasteiger partial charge on any atom is 0.141 e. The smallest absolute Gasteiger partial charge is 0.141 e. The number of aromatic nitrogens is 4. The van der Waals surface area contributed by atoms with E-state index in [0.29, 0.717) is 38.6 Å². The standard InChI is InChI=1S/C32H29Cl2FN8/c33-26-16-23(9-10-28(26)35)38-30-22(18-36)19-37-32-25(30)15-24(17-27(32)34)39-31(21-7-2-1-3-8-21)29-20-43(41-40-29)14-6-13-42-11-4-5-12-42/h1-3,7-10,15-17,19-20,31,39H,4-6,11-14H2,(H,37,38). The zero-order valence-electron chi connectivity index (χ0n) is 23.3.